The maximum absolute atomic E-state index is 12.5. The van der Waals surface area contributed by atoms with Crippen LogP contribution in [0.1, 0.15) is 45.9 Å². The van der Waals surface area contributed by atoms with Crippen molar-refractivity contribution in [3.63, 3.8) is 0 Å². The number of aryl methyl sites for hydroxylation is 1. The van der Waals surface area contributed by atoms with Gasteiger partial charge in [0.25, 0.3) is 5.91 Å². The van der Waals surface area contributed by atoms with Gasteiger partial charge in [-0.25, -0.2) is 4.79 Å². The van der Waals surface area contributed by atoms with Crippen molar-refractivity contribution >= 4 is 11.9 Å². The molecule has 0 bridgehead atoms. The van der Waals surface area contributed by atoms with Crippen molar-refractivity contribution in [2.45, 2.75) is 31.7 Å². The van der Waals surface area contributed by atoms with Gasteiger partial charge < -0.3 is 14.4 Å². The highest BCUT2D eigenvalue weighted by molar-refractivity contribution is 5.93. The molecule has 1 amide bonds. The van der Waals surface area contributed by atoms with Gasteiger partial charge in [-0.1, -0.05) is 30.3 Å². The van der Waals surface area contributed by atoms with E-state index >= 15 is 0 Å². The summed E-state index contributed by atoms with van der Waals surface area (Å²) in [5.41, 5.74) is 1.26. The smallest absolute Gasteiger partial charge is 0.371 e. The lowest BCUT2D eigenvalue weighted by molar-refractivity contribution is 0.0644. The molecule has 0 spiro atoms. The molecule has 5 nitrogen and oxygen atoms in total. The maximum Gasteiger partial charge on any atom is 0.371 e. The molecular weight excluding hydrogens is 294 g/mol. The third-order valence-electron chi connectivity index (χ3n) is 4.27. The number of rotatable bonds is 5. The number of carbonyl (C=O) groups excluding carboxylic acids is 1. The molecule has 1 unspecified atom stereocenters. The summed E-state index contributed by atoms with van der Waals surface area (Å²) in [7, 11) is 0. The van der Waals surface area contributed by atoms with Crippen LogP contribution in [0, 0.1) is 0 Å². The van der Waals surface area contributed by atoms with Gasteiger partial charge in [-0.15, -0.1) is 0 Å². The van der Waals surface area contributed by atoms with E-state index in [1.165, 1.54) is 17.7 Å². The number of carboxylic acid groups (broad SMARTS) is 1. The highest BCUT2D eigenvalue weighted by Gasteiger charge is 2.31. The number of benzene rings is 1. The number of aromatic carboxylic acids is 1. The van der Waals surface area contributed by atoms with Crippen molar-refractivity contribution in [2.24, 2.45) is 0 Å². The average Bonchev–Trinajstić information content (AvgIpc) is 3.22. The van der Waals surface area contributed by atoms with Crippen molar-refractivity contribution in [3.05, 3.63) is 59.5 Å². The number of furan rings is 1. The van der Waals surface area contributed by atoms with E-state index in [1.807, 2.05) is 23.1 Å². The molecule has 1 aliphatic heterocycles. The third-order valence-corrected chi connectivity index (χ3v) is 4.27. The van der Waals surface area contributed by atoms with Crippen LogP contribution in [-0.4, -0.2) is 34.5 Å². The number of hydrogen-bond donors (Lipinski definition) is 1. The summed E-state index contributed by atoms with van der Waals surface area (Å²) >= 11 is 0. The average molecular weight is 313 g/mol. The monoisotopic (exact) mass is 313 g/mol. The molecule has 1 fully saturated rings. The summed E-state index contributed by atoms with van der Waals surface area (Å²) < 4.78 is 5.14. The third kappa shape index (κ3) is 3.44. The van der Waals surface area contributed by atoms with Crippen LogP contribution in [0.3, 0.4) is 0 Å². The Hall–Kier alpha value is -2.56. The molecule has 5 heteroatoms. The van der Waals surface area contributed by atoms with Gasteiger partial charge >= 0.3 is 5.97 Å². The number of carbonyl (C=O) groups is 2. The molecule has 2 aromatic rings. The van der Waals surface area contributed by atoms with Crippen molar-refractivity contribution in [2.75, 3.05) is 6.54 Å². The molecule has 1 aromatic carbocycles. The fourth-order valence-electron chi connectivity index (χ4n) is 3.09. The topological polar surface area (TPSA) is 70.8 Å². The Morgan fingerprint density at radius 2 is 1.87 bits per heavy atom. The zero-order chi connectivity index (χ0) is 16.2. The summed E-state index contributed by atoms with van der Waals surface area (Å²) in [6.45, 7) is 0.696. The minimum absolute atomic E-state index is 0.106. The van der Waals surface area contributed by atoms with E-state index in [9.17, 15) is 9.59 Å². The molecule has 1 aromatic heterocycles. The normalized spacial score (nSPS) is 17.4. The van der Waals surface area contributed by atoms with E-state index in [4.69, 9.17) is 9.52 Å². The Bertz CT molecular complexity index is 692. The van der Waals surface area contributed by atoms with E-state index in [1.54, 1.807) is 0 Å². The minimum atomic E-state index is -1.16. The van der Waals surface area contributed by atoms with E-state index in [-0.39, 0.29) is 23.5 Å². The number of amides is 1. The van der Waals surface area contributed by atoms with E-state index in [0.29, 0.717) is 6.54 Å². The predicted molar refractivity (Wildman–Crippen MR) is 84.5 cm³/mol. The lowest BCUT2D eigenvalue weighted by Crippen LogP contribution is -2.35. The van der Waals surface area contributed by atoms with Gasteiger partial charge in [0.2, 0.25) is 5.76 Å². The van der Waals surface area contributed by atoms with Crippen LogP contribution in [-0.2, 0) is 6.42 Å². The number of likely N-dealkylation sites (tertiary alicyclic amines) is 1. The highest BCUT2D eigenvalue weighted by atomic mass is 16.4. The molecule has 3 rings (SSSR count). The van der Waals surface area contributed by atoms with Crippen LogP contribution in [0.2, 0.25) is 0 Å². The first-order valence-corrected chi connectivity index (χ1v) is 7.83. The van der Waals surface area contributed by atoms with Crippen LogP contribution >= 0.6 is 0 Å². The van der Waals surface area contributed by atoms with E-state index in [0.717, 1.165) is 25.7 Å². The zero-order valence-corrected chi connectivity index (χ0v) is 12.8. The molecule has 23 heavy (non-hydrogen) atoms. The predicted octanol–water partition coefficient (Wildman–Crippen LogP) is 3.22. The van der Waals surface area contributed by atoms with Crippen molar-refractivity contribution < 1.29 is 19.1 Å². The SMILES string of the molecule is O=C(O)c1ccc(C(=O)N2CCCC2CCc2ccccc2)o1. The Morgan fingerprint density at radius 3 is 2.57 bits per heavy atom. The summed E-state index contributed by atoms with van der Waals surface area (Å²) in [6, 6.07) is 13.2. The molecule has 2 heterocycles. The quantitative estimate of drug-likeness (QED) is 0.920. The van der Waals surface area contributed by atoms with E-state index < -0.39 is 5.97 Å². The molecular formula is C18H19NO4. The summed E-state index contributed by atoms with van der Waals surface area (Å²) in [4.78, 5) is 25.2. The first kappa shape index (κ1) is 15.3. The van der Waals surface area contributed by atoms with Crippen molar-refractivity contribution in [1.82, 2.24) is 4.90 Å². The van der Waals surface area contributed by atoms with Gasteiger partial charge in [0.05, 0.1) is 0 Å². The molecule has 0 saturated carbocycles. The first-order valence-electron chi connectivity index (χ1n) is 7.83. The summed E-state index contributed by atoms with van der Waals surface area (Å²) in [5, 5.41) is 8.89. The van der Waals surface area contributed by atoms with Gasteiger partial charge in [-0.05, 0) is 43.4 Å². The molecule has 1 saturated heterocycles. The minimum Gasteiger partial charge on any atom is -0.475 e. The largest absolute Gasteiger partial charge is 0.475 e. The molecule has 1 atom stereocenters. The Morgan fingerprint density at radius 1 is 1.13 bits per heavy atom. The Kier molecular flexibility index (Phi) is 4.46. The maximum atomic E-state index is 12.5. The Balaban J connectivity index is 1.65. The molecule has 0 aliphatic carbocycles. The standard InChI is InChI=1S/C18H19NO4/c20-17(15-10-11-16(23-15)18(21)22)19-12-4-7-14(19)9-8-13-5-2-1-3-6-13/h1-3,5-6,10-11,14H,4,7-9,12H2,(H,21,22). The second kappa shape index (κ2) is 6.69. The fourth-order valence-corrected chi connectivity index (χ4v) is 3.09. The lowest BCUT2D eigenvalue weighted by Gasteiger charge is -2.23. The van der Waals surface area contributed by atoms with Gasteiger partial charge in [0.1, 0.15) is 0 Å². The van der Waals surface area contributed by atoms with Crippen molar-refractivity contribution in [3.8, 4) is 0 Å². The Labute approximate surface area is 134 Å². The fraction of sp³-hybridized carbons (Fsp3) is 0.333. The number of nitrogens with zero attached hydrogens (tertiary/aromatic N) is 1. The van der Waals surface area contributed by atoms with Gasteiger partial charge in [0.15, 0.2) is 5.76 Å². The highest BCUT2D eigenvalue weighted by Crippen LogP contribution is 2.24. The van der Waals surface area contributed by atoms with Gasteiger partial charge in [0, 0.05) is 12.6 Å². The van der Waals surface area contributed by atoms with Crippen LogP contribution < -0.4 is 0 Å². The van der Waals surface area contributed by atoms with Crippen LogP contribution in [0.4, 0.5) is 0 Å². The van der Waals surface area contributed by atoms with E-state index in [2.05, 4.69) is 12.1 Å². The second-order valence-corrected chi connectivity index (χ2v) is 5.79. The number of carboxylic acids is 1. The zero-order valence-electron chi connectivity index (χ0n) is 12.8. The lowest BCUT2D eigenvalue weighted by atomic mass is 10.0. The first-order chi connectivity index (χ1) is 11.1. The molecule has 1 aliphatic rings. The summed E-state index contributed by atoms with van der Waals surface area (Å²) in [6.07, 6.45) is 3.78. The van der Waals surface area contributed by atoms with Gasteiger partial charge in [-0.2, -0.15) is 0 Å². The summed E-state index contributed by atoms with van der Waals surface area (Å²) in [5.74, 6) is -1.47. The second-order valence-electron chi connectivity index (χ2n) is 5.79. The molecule has 120 valence electrons. The number of hydrogen-bond acceptors (Lipinski definition) is 3. The van der Waals surface area contributed by atoms with Crippen LogP contribution in [0.25, 0.3) is 0 Å². The molecule has 0 radical (unpaired) electrons. The van der Waals surface area contributed by atoms with Crippen LogP contribution in [0.15, 0.2) is 46.9 Å². The van der Waals surface area contributed by atoms with Crippen LogP contribution in [0.5, 0.6) is 0 Å². The van der Waals surface area contributed by atoms with Crippen molar-refractivity contribution in [1.29, 1.82) is 0 Å². The van der Waals surface area contributed by atoms with Gasteiger partial charge in [-0.3, -0.25) is 4.79 Å². The molecule has 1 N–H and O–H groups in total.